The fourth-order valence-electron chi connectivity index (χ4n) is 6.78. The molecule has 6 aromatic carbocycles. The largest absolute Gasteiger partial charge is 0.478 e. The zero-order valence-electron chi connectivity index (χ0n) is 24.8. The Balaban J connectivity index is 1.59. The monoisotopic (exact) mass is 690 g/mol. The van der Waals surface area contributed by atoms with E-state index in [9.17, 15) is 14.7 Å². The van der Waals surface area contributed by atoms with Crippen LogP contribution in [0.2, 0.25) is 0 Å². The van der Waals surface area contributed by atoms with Gasteiger partial charge >= 0.3 is 11.9 Å². The lowest BCUT2D eigenvalue weighted by Gasteiger charge is -2.20. The lowest BCUT2D eigenvalue weighted by atomic mass is 9.88. The Bertz CT molecular complexity index is 2140. The number of aromatic carboxylic acids is 1. The highest BCUT2D eigenvalue weighted by molar-refractivity contribution is 6.20. The Labute approximate surface area is 286 Å². The number of alkyl halides is 4. The van der Waals surface area contributed by atoms with Gasteiger partial charge in [0.2, 0.25) is 0 Å². The third-order valence-corrected chi connectivity index (χ3v) is 9.40. The summed E-state index contributed by atoms with van der Waals surface area (Å²) in [5.41, 5.74) is 4.11. The van der Waals surface area contributed by atoms with Crippen LogP contribution in [-0.4, -0.2) is 40.6 Å². The van der Waals surface area contributed by atoms with Crippen LogP contribution in [0.4, 0.5) is 0 Å². The van der Waals surface area contributed by atoms with Crippen LogP contribution in [0.3, 0.4) is 0 Å². The molecule has 8 heteroatoms. The number of carboxylic acid groups (broad SMARTS) is 1. The maximum atomic E-state index is 14.1. The number of fused-ring (bicyclic) bond motifs is 4. The molecule has 6 aromatic rings. The van der Waals surface area contributed by atoms with Gasteiger partial charge in [-0.05, 0) is 104 Å². The summed E-state index contributed by atoms with van der Waals surface area (Å²) in [4.78, 5) is 26.6. The Hall–Kier alpha value is -3.54. The molecule has 0 heterocycles. The second-order valence-corrected chi connectivity index (χ2v) is 12.6. The van der Waals surface area contributed by atoms with Crippen LogP contribution < -0.4 is 4.74 Å². The number of benzene rings is 6. The Morgan fingerprint density at radius 2 is 0.978 bits per heavy atom. The van der Waals surface area contributed by atoms with Gasteiger partial charge in [0.05, 0.1) is 5.56 Å². The first-order valence-electron chi connectivity index (χ1n) is 15.1. The van der Waals surface area contributed by atoms with E-state index in [4.69, 9.17) is 51.1 Å². The van der Waals surface area contributed by atoms with Crippen molar-refractivity contribution in [1.29, 1.82) is 0 Å². The molecule has 0 amide bonds. The van der Waals surface area contributed by atoms with Crippen molar-refractivity contribution in [3.05, 3.63) is 112 Å². The molecule has 4 nitrogen and oxygen atoms in total. The quantitative estimate of drug-likeness (QED) is 0.0636. The van der Waals surface area contributed by atoms with Gasteiger partial charge in [0.1, 0.15) is 5.56 Å². The SMILES string of the molecule is O=C(Oc1c(C(=O)O)ccc2c(CCCl)c3ccccc3c(CCCl)c12)c1ccc2c(CCCl)c3ccccc3c(CCCl)c2c1. The molecule has 0 saturated carbocycles. The summed E-state index contributed by atoms with van der Waals surface area (Å²) in [6, 6.07) is 24.8. The maximum Gasteiger partial charge on any atom is 0.343 e. The van der Waals surface area contributed by atoms with Crippen molar-refractivity contribution in [2.75, 3.05) is 23.5 Å². The van der Waals surface area contributed by atoms with E-state index in [1.165, 1.54) is 6.07 Å². The van der Waals surface area contributed by atoms with E-state index in [1.807, 2.05) is 48.5 Å². The van der Waals surface area contributed by atoms with Crippen molar-refractivity contribution < 1.29 is 19.4 Å². The van der Waals surface area contributed by atoms with Crippen LogP contribution in [0.15, 0.2) is 78.9 Å². The first-order valence-corrected chi connectivity index (χ1v) is 17.2. The minimum absolute atomic E-state index is 0.000823. The third kappa shape index (κ3) is 5.77. The van der Waals surface area contributed by atoms with Crippen molar-refractivity contribution in [2.45, 2.75) is 25.7 Å². The molecule has 234 valence electrons. The van der Waals surface area contributed by atoms with Gasteiger partial charge in [0.15, 0.2) is 5.75 Å². The summed E-state index contributed by atoms with van der Waals surface area (Å²) in [5.74, 6) is -0.348. The summed E-state index contributed by atoms with van der Waals surface area (Å²) in [6.07, 6.45) is 2.25. The summed E-state index contributed by atoms with van der Waals surface area (Å²) < 4.78 is 6.15. The first kappa shape index (κ1) is 32.4. The molecule has 0 aliphatic rings. The number of hydrogen-bond donors (Lipinski definition) is 1. The molecular weight excluding hydrogens is 662 g/mol. The maximum absolute atomic E-state index is 14.1. The zero-order chi connectivity index (χ0) is 32.4. The fourth-order valence-corrected chi connectivity index (χ4v) is 7.53. The van der Waals surface area contributed by atoms with Crippen molar-refractivity contribution in [1.82, 2.24) is 0 Å². The number of halogens is 4. The molecule has 1 N–H and O–H groups in total. The van der Waals surface area contributed by atoms with Crippen LogP contribution in [0.1, 0.15) is 43.0 Å². The molecule has 0 spiro atoms. The minimum atomic E-state index is -1.20. The van der Waals surface area contributed by atoms with Gasteiger partial charge in [-0.3, -0.25) is 0 Å². The summed E-state index contributed by atoms with van der Waals surface area (Å²) >= 11 is 25.1. The van der Waals surface area contributed by atoms with Gasteiger partial charge in [-0.1, -0.05) is 60.7 Å². The minimum Gasteiger partial charge on any atom is -0.478 e. The van der Waals surface area contributed by atoms with E-state index in [2.05, 4.69) is 12.1 Å². The van der Waals surface area contributed by atoms with Crippen molar-refractivity contribution >= 4 is 101 Å². The molecule has 0 aromatic heterocycles. The van der Waals surface area contributed by atoms with E-state index < -0.39 is 11.9 Å². The Morgan fingerprint density at radius 3 is 1.50 bits per heavy atom. The number of rotatable bonds is 11. The van der Waals surface area contributed by atoms with Crippen molar-refractivity contribution in [3.63, 3.8) is 0 Å². The number of esters is 1. The highest BCUT2D eigenvalue weighted by Gasteiger charge is 2.25. The number of aryl methyl sites for hydroxylation is 4. The van der Waals surface area contributed by atoms with Crippen LogP contribution >= 0.6 is 46.4 Å². The molecule has 0 fully saturated rings. The summed E-state index contributed by atoms with van der Waals surface area (Å²) in [5, 5.41) is 17.6. The van der Waals surface area contributed by atoms with E-state index in [0.717, 1.165) is 60.0 Å². The lowest BCUT2D eigenvalue weighted by Crippen LogP contribution is -2.13. The first-order chi connectivity index (χ1) is 22.4. The van der Waals surface area contributed by atoms with Crippen molar-refractivity contribution in [2.24, 2.45) is 0 Å². The third-order valence-electron chi connectivity index (χ3n) is 8.65. The molecule has 46 heavy (non-hydrogen) atoms. The molecule has 0 unspecified atom stereocenters. The van der Waals surface area contributed by atoms with E-state index in [0.29, 0.717) is 60.2 Å². The Kier molecular flexibility index (Phi) is 9.91. The van der Waals surface area contributed by atoms with E-state index in [1.54, 1.807) is 12.1 Å². The van der Waals surface area contributed by atoms with Crippen LogP contribution in [0, 0.1) is 0 Å². The standard InChI is InChI=1S/C38H30Cl4O4/c39-17-13-28-23-5-1-2-6-24(23)30(15-19-41)34-21-22(9-10-27(28)34)38(45)46-36-33(37(43)44)12-11-31-29(14-18-40)25-7-3-4-8-26(25)32(16-20-42)35(31)36/h1-12,21H,13-20H2,(H,43,44). The van der Waals surface area contributed by atoms with Gasteiger partial charge in [0, 0.05) is 28.9 Å². The molecule has 0 aliphatic heterocycles. The highest BCUT2D eigenvalue weighted by Crippen LogP contribution is 2.42. The molecule has 0 bridgehead atoms. The number of ether oxygens (including phenoxy) is 1. The highest BCUT2D eigenvalue weighted by atomic mass is 35.5. The van der Waals surface area contributed by atoms with Crippen LogP contribution in [0.25, 0.3) is 43.1 Å². The number of carbonyl (C=O) groups is 2. The van der Waals surface area contributed by atoms with Crippen LogP contribution in [-0.2, 0) is 25.7 Å². The summed E-state index contributed by atoms with van der Waals surface area (Å²) in [7, 11) is 0. The van der Waals surface area contributed by atoms with Gasteiger partial charge in [-0.25, -0.2) is 9.59 Å². The second kappa shape index (κ2) is 14.1. The zero-order valence-corrected chi connectivity index (χ0v) is 27.9. The number of carbonyl (C=O) groups excluding carboxylic acids is 1. The van der Waals surface area contributed by atoms with Gasteiger partial charge in [0.25, 0.3) is 0 Å². The molecular formula is C38H30Cl4O4. The average Bonchev–Trinajstić information content (AvgIpc) is 3.07. The van der Waals surface area contributed by atoms with E-state index >= 15 is 0 Å². The second-order valence-electron chi connectivity index (χ2n) is 11.1. The average molecular weight is 692 g/mol. The molecule has 6 rings (SSSR count). The summed E-state index contributed by atoms with van der Waals surface area (Å²) in [6.45, 7) is 0. The number of carboxylic acids is 1. The topological polar surface area (TPSA) is 63.6 Å². The van der Waals surface area contributed by atoms with Crippen molar-refractivity contribution in [3.8, 4) is 5.75 Å². The van der Waals surface area contributed by atoms with Gasteiger partial charge < -0.3 is 9.84 Å². The van der Waals surface area contributed by atoms with Crippen LogP contribution in [0.5, 0.6) is 5.75 Å². The smallest absolute Gasteiger partial charge is 0.343 e. The lowest BCUT2D eigenvalue weighted by molar-refractivity contribution is 0.0682. The Morgan fingerprint density at radius 1 is 0.543 bits per heavy atom. The molecule has 0 saturated heterocycles. The molecule has 0 aliphatic carbocycles. The predicted molar refractivity (Wildman–Crippen MR) is 193 cm³/mol. The predicted octanol–water partition coefficient (Wildman–Crippen LogP) is 10.3. The number of hydrogen-bond acceptors (Lipinski definition) is 3. The normalized spacial score (nSPS) is 11.6. The van der Waals surface area contributed by atoms with Gasteiger partial charge in [-0.2, -0.15) is 0 Å². The van der Waals surface area contributed by atoms with Gasteiger partial charge in [-0.15, -0.1) is 46.4 Å². The van der Waals surface area contributed by atoms with E-state index in [-0.39, 0.29) is 11.3 Å². The molecule has 0 radical (unpaired) electrons. The fraction of sp³-hybridized carbons (Fsp3) is 0.211. The molecule has 0 atom stereocenters.